The predicted molar refractivity (Wildman–Crippen MR) is 81.3 cm³/mol. The van der Waals surface area contributed by atoms with Gasteiger partial charge in [0.1, 0.15) is 5.82 Å². The average Bonchev–Trinajstić information content (AvgIpc) is 2.46. The summed E-state index contributed by atoms with van der Waals surface area (Å²) in [5.41, 5.74) is 0.439. The van der Waals surface area contributed by atoms with Gasteiger partial charge < -0.3 is 10.2 Å². The number of nitrogens with one attached hydrogen (secondary N) is 1. The van der Waals surface area contributed by atoms with Crippen LogP contribution in [0.5, 0.6) is 0 Å². The number of likely N-dealkylation sites (N-methyl/N-ethyl adjacent to an activating group) is 1. The van der Waals surface area contributed by atoms with Crippen LogP contribution in [0, 0.1) is 5.82 Å². The second kappa shape index (κ2) is 8.02. The van der Waals surface area contributed by atoms with Crippen molar-refractivity contribution in [3.05, 3.63) is 41.7 Å². The van der Waals surface area contributed by atoms with Gasteiger partial charge in [0.05, 0.1) is 0 Å². The molecule has 0 unspecified atom stereocenters. The normalized spacial score (nSPS) is 15.9. The molecule has 0 atom stereocenters. The number of piperidine rings is 1. The van der Waals surface area contributed by atoms with Gasteiger partial charge in [0.15, 0.2) is 0 Å². The number of rotatable bonds is 3. The lowest BCUT2D eigenvalue weighted by Crippen LogP contribution is -2.43. The fraction of sp³-hybridized carbons (Fsp3) is 0.400. The number of benzene rings is 1. The Labute approximate surface area is 125 Å². The first-order valence-corrected chi connectivity index (χ1v) is 6.58. The van der Waals surface area contributed by atoms with E-state index in [4.69, 9.17) is 0 Å². The van der Waals surface area contributed by atoms with Crippen molar-refractivity contribution < 1.29 is 9.18 Å². The lowest BCUT2D eigenvalue weighted by atomic mass is 10.1. The maximum Gasteiger partial charge on any atom is 0.246 e. The summed E-state index contributed by atoms with van der Waals surface area (Å²) in [4.78, 5) is 13.8. The van der Waals surface area contributed by atoms with Crippen LogP contribution in [-0.2, 0) is 4.79 Å². The molecule has 1 amide bonds. The molecule has 1 aromatic rings. The molecule has 2 rings (SSSR count). The molecule has 20 heavy (non-hydrogen) atoms. The number of carbonyl (C=O) groups is 1. The fourth-order valence-corrected chi connectivity index (χ4v) is 2.26. The molecule has 1 N–H and O–H groups in total. The maximum absolute atomic E-state index is 13.4. The molecule has 0 spiro atoms. The SMILES string of the molecule is CN(C(=O)/C=C/c1ccccc1F)C1CCNCC1.Cl. The van der Waals surface area contributed by atoms with Crippen molar-refractivity contribution in [2.45, 2.75) is 18.9 Å². The Hall–Kier alpha value is -1.39. The van der Waals surface area contributed by atoms with Gasteiger partial charge in [0.2, 0.25) is 5.91 Å². The molecule has 0 aromatic heterocycles. The van der Waals surface area contributed by atoms with Crippen molar-refractivity contribution in [1.82, 2.24) is 10.2 Å². The van der Waals surface area contributed by atoms with Crippen molar-refractivity contribution in [3.8, 4) is 0 Å². The Morgan fingerprint density at radius 2 is 2.00 bits per heavy atom. The van der Waals surface area contributed by atoms with E-state index in [2.05, 4.69) is 5.32 Å². The third kappa shape index (κ3) is 4.32. The third-order valence-electron chi connectivity index (χ3n) is 3.51. The largest absolute Gasteiger partial charge is 0.339 e. The summed E-state index contributed by atoms with van der Waals surface area (Å²) in [6.45, 7) is 1.89. The van der Waals surface area contributed by atoms with Gasteiger partial charge in [0, 0.05) is 24.7 Å². The van der Waals surface area contributed by atoms with Crippen LogP contribution in [0.1, 0.15) is 18.4 Å². The van der Waals surface area contributed by atoms with Crippen LogP contribution < -0.4 is 5.32 Å². The Morgan fingerprint density at radius 1 is 1.35 bits per heavy atom. The third-order valence-corrected chi connectivity index (χ3v) is 3.51. The zero-order valence-corrected chi connectivity index (χ0v) is 12.3. The summed E-state index contributed by atoms with van der Waals surface area (Å²) in [5, 5.41) is 3.27. The number of amides is 1. The van der Waals surface area contributed by atoms with Gasteiger partial charge in [-0.1, -0.05) is 18.2 Å². The summed E-state index contributed by atoms with van der Waals surface area (Å²) >= 11 is 0. The lowest BCUT2D eigenvalue weighted by molar-refractivity contribution is -0.127. The van der Waals surface area contributed by atoms with Crippen LogP contribution in [0.4, 0.5) is 4.39 Å². The van der Waals surface area contributed by atoms with Gasteiger partial charge in [-0.05, 0) is 38.1 Å². The Kier molecular flexibility index (Phi) is 6.68. The molecule has 1 aromatic carbocycles. The number of hydrogen-bond donors (Lipinski definition) is 1. The van der Waals surface area contributed by atoms with Gasteiger partial charge in [-0.2, -0.15) is 0 Å². The highest BCUT2D eigenvalue weighted by Crippen LogP contribution is 2.12. The molecule has 1 saturated heterocycles. The molecule has 0 radical (unpaired) electrons. The predicted octanol–water partition coefficient (Wildman–Crippen LogP) is 2.47. The van der Waals surface area contributed by atoms with Gasteiger partial charge in [0.25, 0.3) is 0 Å². The van der Waals surface area contributed by atoms with Crippen LogP contribution in [0.3, 0.4) is 0 Å². The molecule has 1 aliphatic heterocycles. The van der Waals surface area contributed by atoms with Gasteiger partial charge in [-0.3, -0.25) is 4.79 Å². The Balaban J connectivity index is 0.00000200. The highest BCUT2D eigenvalue weighted by Gasteiger charge is 2.20. The first kappa shape index (κ1) is 16.7. The van der Waals surface area contributed by atoms with Gasteiger partial charge >= 0.3 is 0 Å². The van der Waals surface area contributed by atoms with E-state index in [0.29, 0.717) is 5.56 Å². The van der Waals surface area contributed by atoms with E-state index in [1.807, 2.05) is 7.05 Å². The summed E-state index contributed by atoms with van der Waals surface area (Å²) in [5.74, 6) is -0.383. The minimum absolute atomic E-state index is 0. The van der Waals surface area contributed by atoms with E-state index < -0.39 is 0 Å². The zero-order valence-electron chi connectivity index (χ0n) is 11.5. The molecule has 0 aliphatic carbocycles. The van der Waals surface area contributed by atoms with Crippen molar-refractivity contribution >= 4 is 24.4 Å². The topological polar surface area (TPSA) is 32.3 Å². The average molecular weight is 299 g/mol. The minimum atomic E-state index is -0.309. The number of nitrogens with zero attached hydrogens (tertiary/aromatic N) is 1. The van der Waals surface area contributed by atoms with Crippen LogP contribution >= 0.6 is 12.4 Å². The Morgan fingerprint density at radius 3 is 2.65 bits per heavy atom. The van der Waals surface area contributed by atoms with Crippen LogP contribution in [0.2, 0.25) is 0 Å². The highest BCUT2D eigenvalue weighted by molar-refractivity contribution is 5.91. The Bertz CT molecular complexity index is 473. The summed E-state index contributed by atoms with van der Waals surface area (Å²) in [6, 6.07) is 6.71. The molecule has 1 fully saturated rings. The molecular formula is C15H20ClFN2O. The van der Waals surface area contributed by atoms with Gasteiger partial charge in [-0.25, -0.2) is 4.39 Å². The van der Waals surface area contributed by atoms with E-state index in [1.54, 1.807) is 23.1 Å². The zero-order chi connectivity index (χ0) is 13.7. The lowest BCUT2D eigenvalue weighted by Gasteiger charge is -2.30. The molecule has 3 nitrogen and oxygen atoms in total. The van der Waals surface area contributed by atoms with E-state index in [9.17, 15) is 9.18 Å². The number of carbonyl (C=O) groups excluding carboxylic acids is 1. The van der Waals surface area contributed by atoms with Crippen LogP contribution in [0.25, 0.3) is 6.08 Å². The monoisotopic (exact) mass is 298 g/mol. The molecule has 0 saturated carbocycles. The fourth-order valence-electron chi connectivity index (χ4n) is 2.26. The smallest absolute Gasteiger partial charge is 0.246 e. The van der Waals surface area contributed by atoms with Crippen LogP contribution in [-0.4, -0.2) is 37.0 Å². The summed E-state index contributed by atoms with van der Waals surface area (Å²) < 4.78 is 13.4. The van der Waals surface area contributed by atoms with Crippen LogP contribution in [0.15, 0.2) is 30.3 Å². The molecule has 1 heterocycles. The summed E-state index contributed by atoms with van der Waals surface area (Å²) in [6.07, 6.45) is 4.92. The van der Waals surface area contributed by atoms with Gasteiger partial charge in [-0.15, -0.1) is 12.4 Å². The second-order valence-corrected chi connectivity index (χ2v) is 4.79. The van der Waals surface area contributed by atoms with E-state index in [0.717, 1.165) is 25.9 Å². The van der Waals surface area contributed by atoms with E-state index >= 15 is 0 Å². The quantitative estimate of drug-likeness (QED) is 0.870. The minimum Gasteiger partial charge on any atom is -0.339 e. The standard InChI is InChI=1S/C15H19FN2O.ClH/c1-18(13-8-10-17-11-9-13)15(19)7-6-12-4-2-3-5-14(12)16;/h2-7,13,17H,8-11H2,1H3;1H/b7-6+;. The molecule has 110 valence electrons. The first-order valence-electron chi connectivity index (χ1n) is 6.58. The maximum atomic E-state index is 13.4. The molecule has 0 bridgehead atoms. The first-order chi connectivity index (χ1) is 9.18. The van der Waals surface area contributed by atoms with Crippen molar-refractivity contribution in [2.75, 3.05) is 20.1 Å². The molecular weight excluding hydrogens is 279 g/mol. The number of hydrogen-bond acceptors (Lipinski definition) is 2. The molecule has 5 heteroatoms. The highest BCUT2D eigenvalue weighted by atomic mass is 35.5. The summed E-state index contributed by atoms with van der Waals surface area (Å²) in [7, 11) is 1.81. The molecule has 1 aliphatic rings. The second-order valence-electron chi connectivity index (χ2n) is 4.79. The van der Waals surface area contributed by atoms with Crippen molar-refractivity contribution in [1.29, 1.82) is 0 Å². The van der Waals surface area contributed by atoms with E-state index in [-0.39, 0.29) is 30.2 Å². The number of halogens is 2. The van der Waals surface area contributed by atoms with Crippen molar-refractivity contribution in [2.24, 2.45) is 0 Å². The van der Waals surface area contributed by atoms with E-state index in [1.165, 1.54) is 18.2 Å². The van der Waals surface area contributed by atoms with Crippen molar-refractivity contribution in [3.63, 3.8) is 0 Å².